The normalized spacial score (nSPS) is 12.5. The highest BCUT2D eigenvalue weighted by molar-refractivity contribution is 6.04. The molecule has 0 saturated carbocycles. The van der Waals surface area contributed by atoms with Gasteiger partial charge in [-0.15, -0.1) is 0 Å². The van der Waals surface area contributed by atoms with E-state index in [1.54, 1.807) is 23.1 Å². The minimum atomic E-state index is -0.562. The zero-order valence-electron chi connectivity index (χ0n) is 14.4. The third-order valence-corrected chi connectivity index (χ3v) is 4.18. The number of fused-ring (bicyclic) bond motifs is 1. The predicted molar refractivity (Wildman–Crippen MR) is 96.4 cm³/mol. The lowest BCUT2D eigenvalue weighted by molar-refractivity contribution is -0.126. The Kier molecular flexibility index (Phi) is 5.02. The molecule has 2 aromatic carbocycles. The van der Waals surface area contributed by atoms with Crippen molar-refractivity contribution in [1.29, 1.82) is 0 Å². The molecule has 134 valence electrons. The summed E-state index contributed by atoms with van der Waals surface area (Å²) in [7, 11) is 0. The summed E-state index contributed by atoms with van der Waals surface area (Å²) < 4.78 is 19.3. The lowest BCUT2D eigenvalue weighted by Gasteiger charge is -2.11. The second-order valence-electron chi connectivity index (χ2n) is 5.91. The van der Waals surface area contributed by atoms with Gasteiger partial charge in [0.05, 0.1) is 12.3 Å². The summed E-state index contributed by atoms with van der Waals surface area (Å²) in [6.07, 6.45) is 1.27. The third-order valence-electron chi connectivity index (χ3n) is 4.18. The van der Waals surface area contributed by atoms with E-state index in [0.29, 0.717) is 31.0 Å². The molecule has 0 radical (unpaired) electrons. The molecule has 1 aliphatic rings. The molecule has 0 bridgehead atoms. The Hall–Kier alpha value is -3.15. The van der Waals surface area contributed by atoms with Gasteiger partial charge in [-0.2, -0.15) is 0 Å². The van der Waals surface area contributed by atoms with Crippen LogP contribution in [0.4, 0.5) is 10.1 Å². The van der Waals surface area contributed by atoms with Crippen LogP contribution in [0.15, 0.2) is 49.1 Å². The zero-order valence-corrected chi connectivity index (χ0v) is 14.4. The Morgan fingerprint density at radius 3 is 2.69 bits per heavy atom. The fraction of sp³-hybridized carbons (Fsp3) is 0.200. The van der Waals surface area contributed by atoms with Gasteiger partial charge < -0.3 is 15.0 Å². The molecule has 0 aliphatic carbocycles. The summed E-state index contributed by atoms with van der Waals surface area (Å²) in [5.74, 6) is -0.714. The van der Waals surface area contributed by atoms with Crippen LogP contribution >= 0.6 is 0 Å². The molecular formula is C20H19FN2O3. The maximum absolute atomic E-state index is 14.1. The molecule has 26 heavy (non-hydrogen) atoms. The first-order valence-electron chi connectivity index (χ1n) is 8.28. The van der Waals surface area contributed by atoms with Crippen LogP contribution in [0, 0.1) is 5.82 Å². The van der Waals surface area contributed by atoms with Crippen molar-refractivity contribution in [3.63, 3.8) is 0 Å². The van der Waals surface area contributed by atoms with E-state index >= 15 is 0 Å². The van der Waals surface area contributed by atoms with Crippen LogP contribution in [0.2, 0.25) is 0 Å². The van der Waals surface area contributed by atoms with Crippen molar-refractivity contribution >= 4 is 17.5 Å². The molecule has 2 amide bonds. The molecule has 1 heterocycles. The van der Waals surface area contributed by atoms with E-state index in [4.69, 9.17) is 4.74 Å². The number of anilines is 1. The number of carbonyl (C=O) groups is 2. The molecule has 0 atom stereocenters. The standard InChI is InChI=1S/C20H19FN2O3/c1-3-19(24)23-11-14-6-5-13(9-15(14)12-23)20(25)22-18-8-7-16(26-4-2)10-17(18)21/h3,5-10H,1,4,11-12H2,2H3,(H,22,25). The number of hydrogen-bond donors (Lipinski definition) is 1. The molecule has 0 aromatic heterocycles. The molecule has 0 fully saturated rings. The van der Waals surface area contributed by atoms with Crippen molar-refractivity contribution in [2.45, 2.75) is 20.0 Å². The topological polar surface area (TPSA) is 58.6 Å². The number of amides is 2. The minimum Gasteiger partial charge on any atom is -0.494 e. The van der Waals surface area contributed by atoms with Crippen molar-refractivity contribution in [2.75, 3.05) is 11.9 Å². The van der Waals surface area contributed by atoms with Crippen LogP contribution in [-0.2, 0) is 17.9 Å². The van der Waals surface area contributed by atoms with E-state index in [0.717, 1.165) is 11.1 Å². The third kappa shape index (κ3) is 3.59. The van der Waals surface area contributed by atoms with Crippen molar-refractivity contribution in [2.24, 2.45) is 0 Å². The van der Waals surface area contributed by atoms with Gasteiger partial charge in [0.25, 0.3) is 5.91 Å². The average Bonchev–Trinajstić information content (AvgIpc) is 3.06. The second-order valence-corrected chi connectivity index (χ2v) is 5.91. The summed E-state index contributed by atoms with van der Waals surface area (Å²) in [6.45, 7) is 6.66. The van der Waals surface area contributed by atoms with Gasteiger partial charge in [-0.1, -0.05) is 12.6 Å². The zero-order chi connectivity index (χ0) is 18.7. The molecular weight excluding hydrogens is 335 g/mol. The summed E-state index contributed by atoms with van der Waals surface area (Å²) in [5.41, 5.74) is 2.39. The second kappa shape index (κ2) is 7.39. The summed E-state index contributed by atoms with van der Waals surface area (Å²) in [5, 5.41) is 2.57. The van der Waals surface area contributed by atoms with Crippen molar-refractivity contribution in [1.82, 2.24) is 4.90 Å². The van der Waals surface area contributed by atoms with Gasteiger partial charge in [-0.25, -0.2) is 4.39 Å². The van der Waals surface area contributed by atoms with Crippen molar-refractivity contribution < 1.29 is 18.7 Å². The number of ether oxygens (including phenoxy) is 1. The number of nitrogens with one attached hydrogen (secondary N) is 1. The number of nitrogens with zero attached hydrogens (tertiary/aromatic N) is 1. The molecule has 0 spiro atoms. The van der Waals surface area contributed by atoms with Gasteiger partial charge in [-0.05, 0) is 48.4 Å². The van der Waals surface area contributed by atoms with Crippen LogP contribution in [0.5, 0.6) is 5.75 Å². The Balaban J connectivity index is 1.74. The summed E-state index contributed by atoms with van der Waals surface area (Å²) >= 11 is 0. The number of hydrogen-bond acceptors (Lipinski definition) is 3. The van der Waals surface area contributed by atoms with Crippen LogP contribution < -0.4 is 10.1 Å². The van der Waals surface area contributed by atoms with E-state index < -0.39 is 11.7 Å². The molecule has 1 N–H and O–H groups in total. The van der Waals surface area contributed by atoms with E-state index in [9.17, 15) is 14.0 Å². The Morgan fingerprint density at radius 2 is 2.00 bits per heavy atom. The van der Waals surface area contributed by atoms with Crippen LogP contribution in [0.1, 0.15) is 28.4 Å². The van der Waals surface area contributed by atoms with Gasteiger partial charge in [0, 0.05) is 24.7 Å². The van der Waals surface area contributed by atoms with Gasteiger partial charge >= 0.3 is 0 Å². The Morgan fingerprint density at radius 1 is 1.23 bits per heavy atom. The smallest absolute Gasteiger partial charge is 0.255 e. The molecule has 5 nitrogen and oxygen atoms in total. The van der Waals surface area contributed by atoms with Gasteiger partial charge in [0.2, 0.25) is 5.91 Å². The van der Waals surface area contributed by atoms with E-state index in [2.05, 4.69) is 11.9 Å². The SMILES string of the molecule is C=CC(=O)N1Cc2ccc(C(=O)Nc3ccc(OCC)cc3F)cc2C1. The highest BCUT2D eigenvalue weighted by Gasteiger charge is 2.23. The predicted octanol–water partition coefficient (Wildman–Crippen LogP) is 3.50. The van der Waals surface area contributed by atoms with Gasteiger partial charge in [0.15, 0.2) is 0 Å². The fourth-order valence-electron chi connectivity index (χ4n) is 2.87. The average molecular weight is 354 g/mol. The highest BCUT2D eigenvalue weighted by atomic mass is 19.1. The number of carbonyl (C=O) groups excluding carboxylic acids is 2. The number of rotatable bonds is 5. The van der Waals surface area contributed by atoms with Crippen LogP contribution in [0.3, 0.4) is 0 Å². The quantitative estimate of drug-likeness (QED) is 0.836. The van der Waals surface area contributed by atoms with Crippen molar-refractivity contribution in [3.05, 3.63) is 71.6 Å². The van der Waals surface area contributed by atoms with E-state index in [-0.39, 0.29) is 11.6 Å². The maximum atomic E-state index is 14.1. The van der Waals surface area contributed by atoms with Crippen molar-refractivity contribution in [3.8, 4) is 5.75 Å². The van der Waals surface area contributed by atoms with E-state index in [1.165, 1.54) is 18.2 Å². The maximum Gasteiger partial charge on any atom is 0.255 e. The van der Waals surface area contributed by atoms with Crippen LogP contribution in [-0.4, -0.2) is 23.3 Å². The van der Waals surface area contributed by atoms with Crippen LogP contribution in [0.25, 0.3) is 0 Å². The molecule has 1 aliphatic heterocycles. The number of halogens is 1. The van der Waals surface area contributed by atoms with Gasteiger partial charge in [-0.3, -0.25) is 9.59 Å². The fourth-order valence-corrected chi connectivity index (χ4v) is 2.87. The lowest BCUT2D eigenvalue weighted by atomic mass is 10.1. The lowest BCUT2D eigenvalue weighted by Crippen LogP contribution is -2.22. The monoisotopic (exact) mass is 354 g/mol. The summed E-state index contributed by atoms with van der Waals surface area (Å²) in [4.78, 5) is 25.8. The first kappa shape index (κ1) is 17.7. The minimum absolute atomic E-state index is 0.0856. The molecule has 6 heteroatoms. The molecule has 2 aromatic rings. The Bertz CT molecular complexity index is 879. The molecule has 0 saturated heterocycles. The molecule has 3 rings (SSSR count). The van der Waals surface area contributed by atoms with Gasteiger partial charge in [0.1, 0.15) is 11.6 Å². The summed E-state index contributed by atoms with van der Waals surface area (Å²) in [6, 6.07) is 9.52. The first-order chi connectivity index (χ1) is 12.5. The highest BCUT2D eigenvalue weighted by Crippen LogP contribution is 2.25. The Labute approximate surface area is 151 Å². The number of benzene rings is 2. The van der Waals surface area contributed by atoms with E-state index in [1.807, 2.05) is 13.0 Å². The largest absolute Gasteiger partial charge is 0.494 e. The molecule has 0 unspecified atom stereocenters. The first-order valence-corrected chi connectivity index (χ1v) is 8.28.